The summed E-state index contributed by atoms with van der Waals surface area (Å²) in [7, 11) is 2.91. The van der Waals surface area contributed by atoms with Gasteiger partial charge in [-0.3, -0.25) is 14.4 Å². The van der Waals surface area contributed by atoms with Gasteiger partial charge in [0, 0.05) is 35.0 Å². The number of pyridine rings is 1. The third kappa shape index (κ3) is 10.3. The van der Waals surface area contributed by atoms with Gasteiger partial charge >= 0.3 is 12.0 Å². The molecule has 2 heterocycles. The highest BCUT2D eigenvalue weighted by Crippen LogP contribution is 2.41. The number of ether oxygens (including phenoxy) is 2. The molecule has 3 aromatic rings. The van der Waals surface area contributed by atoms with Gasteiger partial charge in [0.1, 0.15) is 29.9 Å². The van der Waals surface area contributed by atoms with Gasteiger partial charge < -0.3 is 39.2 Å². The highest BCUT2D eigenvalue weighted by atomic mass is 28.3. The smallest absolute Gasteiger partial charge is 0.407 e. The maximum atomic E-state index is 15.5. The van der Waals surface area contributed by atoms with E-state index in [9.17, 15) is 24.3 Å². The number of para-hydroxylation sites is 1. The van der Waals surface area contributed by atoms with Crippen LogP contribution in [0.2, 0.25) is 25.7 Å². The maximum Gasteiger partial charge on any atom is 0.407 e. The number of imidazole rings is 1. The maximum absolute atomic E-state index is 15.5. The number of nitrogens with zero attached hydrogens (tertiary/aromatic N) is 4. The zero-order valence-electron chi connectivity index (χ0n) is 29.9. The Morgan fingerprint density at radius 3 is 2.46 bits per heavy atom. The van der Waals surface area contributed by atoms with Gasteiger partial charge in [-0.1, -0.05) is 37.8 Å². The summed E-state index contributed by atoms with van der Waals surface area (Å²) in [6, 6.07) is 6.98. The predicted molar refractivity (Wildman–Crippen MR) is 189 cm³/mol. The van der Waals surface area contributed by atoms with Crippen LogP contribution in [-0.2, 0) is 38.3 Å². The molecule has 3 N–H and O–H groups in total. The number of amides is 3. The summed E-state index contributed by atoms with van der Waals surface area (Å²) in [5, 5.41) is 15.3. The summed E-state index contributed by atoms with van der Waals surface area (Å²) in [6.45, 7) is 8.92. The van der Waals surface area contributed by atoms with Gasteiger partial charge in [0.25, 0.3) is 5.56 Å². The van der Waals surface area contributed by atoms with E-state index >= 15 is 8.78 Å². The Morgan fingerprint density at radius 1 is 1.14 bits per heavy atom. The average molecular weight is 719 g/mol. The second kappa shape index (κ2) is 16.5. The minimum Gasteiger partial charge on any atom is -0.453 e. The van der Waals surface area contributed by atoms with Crippen molar-refractivity contribution in [2.24, 2.45) is 0 Å². The normalized spacial score (nSPS) is 13.0. The topological polar surface area (TPSA) is 157 Å². The molecule has 0 radical (unpaired) electrons. The van der Waals surface area contributed by atoms with E-state index in [1.54, 1.807) is 30.8 Å². The van der Waals surface area contributed by atoms with E-state index in [0.29, 0.717) is 12.1 Å². The number of carbonyl (C=O) groups excluding carboxylic acids is 3. The first-order valence-electron chi connectivity index (χ1n) is 16.2. The monoisotopic (exact) mass is 718 g/mol. The summed E-state index contributed by atoms with van der Waals surface area (Å²) in [4.78, 5) is 56.7. The van der Waals surface area contributed by atoms with Crippen molar-refractivity contribution in [2.45, 2.75) is 83.2 Å². The average Bonchev–Trinajstić information content (AvgIpc) is 3.37. The lowest BCUT2D eigenvalue weighted by Gasteiger charge is -2.29. The molecule has 0 saturated carbocycles. The molecule has 0 bridgehead atoms. The van der Waals surface area contributed by atoms with Gasteiger partial charge in [0.05, 0.1) is 30.3 Å². The van der Waals surface area contributed by atoms with Crippen LogP contribution in [-0.4, -0.2) is 89.6 Å². The Labute approximate surface area is 291 Å². The molecule has 1 aromatic carbocycles. The van der Waals surface area contributed by atoms with Gasteiger partial charge in [-0.05, 0) is 57.0 Å². The lowest BCUT2D eigenvalue weighted by Crippen LogP contribution is -2.44. The summed E-state index contributed by atoms with van der Waals surface area (Å²) in [6.07, 6.45) is 3.88. The standard InChI is InChI=1S/C34H48F2N6O7Si/c1-33(2,47)34(35,36)23-13-11-16-26-29(23)39-27(42(26)22-49-19-20-50(6,7)8)21-41-18-12-15-25(31(41)45)37-30(44)24(38-32(46)48-5)14-9-10-17-28(43)40(3)4/h10-13,15-18,24,47H,9,14,19-22H2,1-8H3,(H,37,44)(H,38,46)/b17-10+/t24-/m0/s1. The number of halogens is 2. The number of aliphatic hydroxyl groups is 1. The van der Waals surface area contributed by atoms with E-state index < -0.39 is 48.8 Å². The molecule has 0 unspecified atom stereocenters. The molecule has 50 heavy (non-hydrogen) atoms. The third-order valence-corrected chi connectivity index (χ3v) is 9.59. The van der Waals surface area contributed by atoms with E-state index in [0.717, 1.165) is 27.0 Å². The van der Waals surface area contributed by atoms with Gasteiger partial charge in [-0.15, -0.1) is 0 Å². The Hall–Kier alpha value is -4.41. The third-order valence-electron chi connectivity index (χ3n) is 7.89. The van der Waals surface area contributed by atoms with Crippen molar-refractivity contribution in [3.8, 4) is 0 Å². The molecule has 0 spiro atoms. The van der Waals surface area contributed by atoms with Gasteiger partial charge in [-0.2, -0.15) is 8.78 Å². The molecule has 3 amide bonds. The number of benzene rings is 1. The molecule has 0 aliphatic heterocycles. The van der Waals surface area contributed by atoms with Crippen molar-refractivity contribution >= 4 is 42.7 Å². The first-order valence-corrected chi connectivity index (χ1v) is 19.9. The molecule has 16 heteroatoms. The minimum absolute atomic E-state index is 0.0193. The van der Waals surface area contributed by atoms with Crippen molar-refractivity contribution in [1.82, 2.24) is 24.3 Å². The van der Waals surface area contributed by atoms with Crippen molar-refractivity contribution in [1.29, 1.82) is 0 Å². The molecule has 0 saturated heterocycles. The number of carbonyl (C=O) groups is 3. The Kier molecular flexibility index (Phi) is 13.2. The van der Waals surface area contributed by atoms with Crippen molar-refractivity contribution in [3.05, 3.63) is 70.4 Å². The second-order valence-electron chi connectivity index (χ2n) is 13.9. The van der Waals surface area contributed by atoms with Crippen LogP contribution in [0.25, 0.3) is 11.0 Å². The fraction of sp³-hybridized carbons (Fsp3) is 0.500. The highest BCUT2D eigenvalue weighted by Gasteiger charge is 2.48. The number of nitrogens with one attached hydrogen (secondary N) is 2. The Bertz CT molecular complexity index is 1760. The van der Waals surface area contributed by atoms with Crippen molar-refractivity contribution in [3.63, 3.8) is 0 Å². The fourth-order valence-electron chi connectivity index (χ4n) is 4.77. The van der Waals surface area contributed by atoms with E-state index in [-0.39, 0.29) is 49.1 Å². The lowest BCUT2D eigenvalue weighted by molar-refractivity contribution is -0.167. The first kappa shape index (κ1) is 40.0. The second-order valence-corrected chi connectivity index (χ2v) is 19.5. The zero-order chi connectivity index (χ0) is 37.4. The quantitative estimate of drug-likeness (QED) is 0.111. The largest absolute Gasteiger partial charge is 0.453 e. The number of alkyl halides is 2. The van der Waals surface area contributed by atoms with Crippen LogP contribution in [0.1, 0.15) is 38.1 Å². The summed E-state index contributed by atoms with van der Waals surface area (Å²) in [5.74, 6) is -4.36. The molecule has 1 atom stereocenters. The summed E-state index contributed by atoms with van der Waals surface area (Å²) >= 11 is 0. The van der Waals surface area contributed by atoms with Crippen molar-refractivity contribution in [2.75, 3.05) is 33.1 Å². The van der Waals surface area contributed by atoms with E-state index in [2.05, 4.69) is 40.0 Å². The van der Waals surface area contributed by atoms with Crippen LogP contribution in [0.3, 0.4) is 0 Å². The number of rotatable bonds is 16. The molecular formula is C34H48F2N6O7Si. The highest BCUT2D eigenvalue weighted by molar-refractivity contribution is 6.76. The van der Waals surface area contributed by atoms with Crippen LogP contribution >= 0.6 is 0 Å². The van der Waals surface area contributed by atoms with Gasteiger partial charge in [-0.25, -0.2) is 9.78 Å². The lowest BCUT2D eigenvalue weighted by atomic mass is 9.92. The number of hydrogen-bond acceptors (Lipinski definition) is 8. The van der Waals surface area contributed by atoms with Gasteiger partial charge in [0.15, 0.2) is 0 Å². The number of allylic oxidation sites excluding steroid dienone is 1. The van der Waals surface area contributed by atoms with Crippen molar-refractivity contribution < 1.29 is 37.7 Å². The van der Waals surface area contributed by atoms with Crippen LogP contribution in [0.15, 0.2) is 53.5 Å². The minimum atomic E-state index is -3.66. The van der Waals surface area contributed by atoms with E-state index in [1.165, 1.54) is 46.0 Å². The van der Waals surface area contributed by atoms with Gasteiger partial charge in [0.2, 0.25) is 11.8 Å². The Balaban J connectivity index is 1.96. The number of fused-ring (bicyclic) bond motifs is 1. The van der Waals surface area contributed by atoms with Crippen LogP contribution in [0.5, 0.6) is 0 Å². The zero-order valence-corrected chi connectivity index (χ0v) is 30.9. The van der Waals surface area contributed by atoms with Crippen LogP contribution in [0, 0.1) is 0 Å². The molecule has 0 aliphatic carbocycles. The molecule has 0 fully saturated rings. The number of alkyl carbamates (subject to hydrolysis) is 1. The van der Waals surface area contributed by atoms with Crippen LogP contribution in [0.4, 0.5) is 19.3 Å². The number of anilines is 1. The Morgan fingerprint density at radius 2 is 1.84 bits per heavy atom. The number of methoxy groups -OCH3 is 1. The SMILES string of the molecule is COC(=O)N[C@@H](CC/C=C/C(=O)N(C)C)C(=O)Nc1cccn(Cc2nc3c(C(F)(F)C(C)(C)O)cccc3n2COCC[Si](C)(C)C)c1=O. The van der Waals surface area contributed by atoms with E-state index in [4.69, 9.17) is 4.74 Å². The van der Waals surface area contributed by atoms with Crippen LogP contribution < -0.4 is 16.2 Å². The number of hydrogen-bond donors (Lipinski definition) is 3. The molecule has 274 valence electrons. The van der Waals surface area contributed by atoms with E-state index in [1.807, 2.05) is 0 Å². The molecule has 13 nitrogen and oxygen atoms in total. The molecule has 0 aliphatic rings. The number of aromatic nitrogens is 3. The summed E-state index contributed by atoms with van der Waals surface area (Å²) < 4.78 is 44.5. The fourth-order valence-corrected chi connectivity index (χ4v) is 5.53. The number of likely N-dealkylation sites (N-methyl/N-ethyl adjacent to an activating group) is 1. The molecular weight excluding hydrogens is 670 g/mol. The predicted octanol–water partition coefficient (Wildman–Crippen LogP) is 4.51. The molecule has 3 rings (SSSR count). The molecule has 2 aromatic heterocycles. The summed E-state index contributed by atoms with van der Waals surface area (Å²) in [5.41, 5.74) is -3.28. The first-order chi connectivity index (χ1) is 23.3.